The first-order chi connectivity index (χ1) is 21.2. The number of anilines is 2. The molecule has 0 bridgehead atoms. The van der Waals surface area contributed by atoms with Gasteiger partial charge < -0.3 is 15.4 Å². The van der Waals surface area contributed by atoms with E-state index in [0.29, 0.717) is 35.5 Å². The average molecular weight is 602 g/mol. The van der Waals surface area contributed by atoms with E-state index in [1.54, 1.807) is 36.4 Å². The van der Waals surface area contributed by atoms with Crippen LogP contribution in [0, 0.1) is 0 Å². The van der Waals surface area contributed by atoms with Crippen LogP contribution in [-0.4, -0.2) is 42.5 Å². The molecule has 9 heteroatoms. The first-order valence-electron chi connectivity index (χ1n) is 14.6. The number of carbonyl (C=O) groups excluding carboxylic acids is 2. The molecule has 1 fully saturated rings. The molecule has 6 nitrogen and oxygen atoms in total. The molecule has 2 unspecified atom stereocenters. The Balaban J connectivity index is 1.21. The van der Waals surface area contributed by atoms with E-state index >= 15 is 0 Å². The number of nitrogens with one attached hydrogen (secondary N) is 2. The van der Waals surface area contributed by atoms with Crippen LogP contribution in [0.25, 0.3) is 11.1 Å². The van der Waals surface area contributed by atoms with E-state index in [-0.39, 0.29) is 17.9 Å². The van der Waals surface area contributed by atoms with E-state index < -0.39 is 17.8 Å². The minimum atomic E-state index is -4.43. The molecule has 1 saturated heterocycles. The number of nitrogens with zero attached hydrogens (tertiary/aromatic N) is 1. The number of ether oxygens (including phenoxy) is 1. The van der Waals surface area contributed by atoms with Crippen molar-refractivity contribution in [2.24, 2.45) is 0 Å². The molecule has 1 aliphatic heterocycles. The van der Waals surface area contributed by atoms with Crippen LogP contribution in [-0.2, 0) is 15.7 Å². The Labute approximate surface area is 254 Å². The standard InChI is InChI=1S/C35H34F3N3O3/c1-2-22-44-34(43)32(25-8-4-3-5-9-25)41-21-20-29(23-41)39-27-16-18-28(19-17-27)40-33(42)31-11-7-6-10-30(31)24-12-14-26(15-13-24)35(36,37)38/h3-19,29,32,39H,2,20-23H2,1H3,(H,40,42). The number of likely N-dealkylation sites (tertiary alicyclic amines) is 1. The number of amides is 1. The molecule has 1 heterocycles. The van der Waals surface area contributed by atoms with Crippen LogP contribution in [0.1, 0.15) is 47.3 Å². The number of hydrogen-bond acceptors (Lipinski definition) is 5. The number of benzene rings is 4. The highest BCUT2D eigenvalue weighted by atomic mass is 19.4. The Morgan fingerprint density at radius 3 is 2.23 bits per heavy atom. The summed E-state index contributed by atoms with van der Waals surface area (Å²) in [6.45, 7) is 3.77. The maximum Gasteiger partial charge on any atom is 0.416 e. The molecule has 4 aromatic carbocycles. The highest BCUT2D eigenvalue weighted by molar-refractivity contribution is 6.08. The molecule has 0 spiro atoms. The van der Waals surface area contributed by atoms with Gasteiger partial charge in [-0.3, -0.25) is 9.69 Å². The van der Waals surface area contributed by atoms with Gasteiger partial charge in [-0.2, -0.15) is 13.2 Å². The van der Waals surface area contributed by atoms with Crippen molar-refractivity contribution in [2.45, 2.75) is 38.0 Å². The SMILES string of the molecule is CCCOC(=O)C(c1ccccc1)N1CCC(Nc2ccc(NC(=O)c3ccccc3-c3ccc(C(F)(F)F)cc3)cc2)C1. The summed E-state index contributed by atoms with van der Waals surface area (Å²) in [7, 11) is 0. The fourth-order valence-corrected chi connectivity index (χ4v) is 5.41. The van der Waals surface area contributed by atoms with E-state index in [1.807, 2.05) is 49.4 Å². The molecule has 2 atom stereocenters. The first-order valence-corrected chi connectivity index (χ1v) is 14.6. The van der Waals surface area contributed by atoms with Crippen molar-refractivity contribution in [3.8, 4) is 11.1 Å². The van der Waals surface area contributed by atoms with Crippen molar-refractivity contribution in [1.29, 1.82) is 0 Å². The van der Waals surface area contributed by atoms with Gasteiger partial charge in [-0.05, 0) is 72.0 Å². The summed E-state index contributed by atoms with van der Waals surface area (Å²) in [5, 5.41) is 6.42. The summed E-state index contributed by atoms with van der Waals surface area (Å²) in [5.74, 6) is -0.603. The monoisotopic (exact) mass is 601 g/mol. The second-order valence-corrected chi connectivity index (χ2v) is 10.8. The predicted molar refractivity (Wildman–Crippen MR) is 165 cm³/mol. The van der Waals surface area contributed by atoms with E-state index in [0.717, 1.165) is 42.8 Å². The zero-order chi connectivity index (χ0) is 31.1. The maximum absolute atomic E-state index is 13.2. The molecular formula is C35H34F3N3O3. The van der Waals surface area contributed by atoms with Crippen LogP contribution >= 0.6 is 0 Å². The average Bonchev–Trinajstić information content (AvgIpc) is 3.48. The van der Waals surface area contributed by atoms with Crippen molar-refractivity contribution < 1.29 is 27.5 Å². The largest absolute Gasteiger partial charge is 0.464 e. The fourth-order valence-electron chi connectivity index (χ4n) is 5.41. The van der Waals surface area contributed by atoms with Gasteiger partial charge in [0.05, 0.1) is 12.2 Å². The molecular weight excluding hydrogens is 567 g/mol. The number of rotatable bonds is 10. The zero-order valence-electron chi connectivity index (χ0n) is 24.3. The first kappa shape index (κ1) is 30.8. The van der Waals surface area contributed by atoms with E-state index in [4.69, 9.17) is 4.74 Å². The Bertz CT molecular complexity index is 1560. The molecule has 2 N–H and O–H groups in total. The van der Waals surface area contributed by atoms with Crippen LogP contribution in [0.5, 0.6) is 0 Å². The molecule has 1 amide bonds. The van der Waals surface area contributed by atoms with Gasteiger partial charge in [0, 0.05) is 36.1 Å². The van der Waals surface area contributed by atoms with Gasteiger partial charge in [0.1, 0.15) is 6.04 Å². The number of alkyl halides is 3. The lowest BCUT2D eigenvalue weighted by Crippen LogP contribution is -2.35. The molecule has 228 valence electrons. The summed E-state index contributed by atoms with van der Waals surface area (Å²) >= 11 is 0. The van der Waals surface area contributed by atoms with Crippen LogP contribution in [0.3, 0.4) is 0 Å². The zero-order valence-corrected chi connectivity index (χ0v) is 24.3. The third-order valence-electron chi connectivity index (χ3n) is 7.58. The number of carbonyl (C=O) groups is 2. The van der Waals surface area contributed by atoms with E-state index in [2.05, 4.69) is 15.5 Å². The summed E-state index contributed by atoms with van der Waals surface area (Å²) in [5.41, 5.74) is 3.04. The molecule has 4 aromatic rings. The van der Waals surface area contributed by atoms with Crippen LogP contribution in [0.4, 0.5) is 24.5 Å². The van der Waals surface area contributed by atoms with E-state index in [1.165, 1.54) is 12.1 Å². The smallest absolute Gasteiger partial charge is 0.416 e. The molecule has 1 aliphatic rings. The lowest BCUT2D eigenvalue weighted by Gasteiger charge is -2.26. The third-order valence-corrected chi connectivity index (χ3v) is 7.58. The van der Waals surface area contributed by atoms with Gasteiger partial charge in [-0.1, -0.05) is 67.6 Å². The Kier molecular flexibility index (Phi) is 9.65. The minimum absolute atomic E-state index is 0.122. The number of halogens is 3. The Morgan fingerprint density at radius 1 is 0.886 bits per heavy atom. The van der Waals surface area contributed by atoms with Crippen LogP contribution in [0.15, 0.2) is 103 Å². The van der Waals surface area contributed by atoms with Crippen molar-refractivity contribution in [3.05, 3.63) is 120 Å². The van der Waals surface area contributed by atoms with Crippen molar-refractivity contribution in [3.63, 3.8) is 0 Å². The molecule has 0 aliphatic carbocycles. The second kappa shape index (κ2) is 13.8. The lowest BCUT2D eigenvalue weighted by molar-refractivity contribution is -0.150. The van der Waals surface area contributed by atoms with Crippen LogP contribution in [0.2, 0.25) is 0 Å². The van der Waals surface area contributed by atoms with Gasteiger partial charge in [-0.25, -0.2) is 4.79 Å². The van der Waals surface area contributed by atoms with Crippen molar-refractivity contribution >= 4 is 23.3 Å². The van der Waals surface area contributed by atoms with Gasteiger partial charge in [0.15, 0.2) is 0 Å². The van der Waals surface area contributed by atoms with Gasteiger partial charge in [0.2, 0.25) is 0 Å². The van der Waals surface area contributed by atoms with Crippen LogP contribution < -0.4 is 10.6 Å². The van der Waals surface area contributed by atoms with Gasteiger partial charge in [-0.15, -0.1) is 0 Å². The summed E-state index contributed by atoms with van der Waals surface area (Å²) in [6, 6.07) is 28.3. The van der Waals surface area contributed by atoms with Crippen molar-refractivity contribution in [2.75, 3.05) is 30.3 Å². The Morgan fingerprint density at radius 2 is 1.55 bits per heavy atom. The molecule has 0 aromatic heterocycles. The normalized spacial score (nSPS) is 15.9. The second-order valence-electron chi connectivity index (χ2n) is 10.8. The molecule has 5 rings (SSSR count). The predicted octanol–water partition coefficient (Wildman–Crippen LogP) is 7.81. The van der Waals surface area contributed by atoms with E-state index in [9.17, 15) is 22.8 Å². The highest BCUT2D eigenvalue weighted by Gasteiger charge is 2.34. The van der Waals surface area contributed by atoms with Gasteiger partial charge >= 0.3 is 12.1 Å². The highest BCUT2D eigenvalue weighted by Crippen LogP contribution is 2.32. The van der Waals surface area contributed by atoms with Gasteiger partial charge in [0.25, 0.3) is 5.91 Å². The lowest BCUT2D eigenvalue weighted by atomic mass is 9.98. The topological polar surface area (TPSA) is 70.7 Å². The maximum atomic E-state index is 13.2. The summed E-state index contributed by atoms with van der Waals surface area (Å²) < 4.78 is 44.5. The third kappa shape index (κ3) is 7.47. The quantitative estimate of drug-likeness (QED) is 0.182. The number of esters is 1. The molecule has 44 heavy (non-hydrogen) atoms. The minimum Gasteiger partial charge on any atom is -0.464 e. The van der Waals surface area contributed by atoms with Crippen molar-refractivity contribution in [1.82, 2.24) is 4.90 Å². The fraction of sp³-hybridized carbons (Fsp3) is 0.257. The molecule has 0 saturated carbocycles. The molecule has 0 radical (unpaired) electrons. The summed E-state index contributed by atoms with van der Waals surface area (Å²) in [6.07, 6.45) is -2.82. The number of hydrogen-bond donors (Lipinski definition) is 2. The summed E-state index contributed by atoms with van der Waals surface area (Å²) in [4.78, 5) is 28.3. The Hall–Kier alpha value is -4.63.